The Hall–Kier alpha value is -1.56. The highest BCUT2D eigenvalue weighted by Gasteiger charge is 1.81. The van der Waals surface area contributed by atoms with E-state index in [4.69, 9.17) is 16.5 Å². The zero-order chi connectivity index (χ0) is 7.98. The predicted octanol–water partition coefficient (Wildman–Crippen LogP) is 1.61. The smallest absolute Gasteiger partial charge is 0.0316 e. The van der Waals surface area contributed by atoms with Gasteiger partial charge in [0.05, 0.1) is 0 Å². The van der Waals surface area contributed by atoms with Gasteiger partial charge in [-0.05, 0) is 24.6 Å². The first-order chi connectivity index (χ1) is 4.79. The Morgan fingerprint density at radius 3 is 2.20 bits per heavy atom. The average molecular weight is 135 g/mol. The molecule has 3 nitrogen and oxygen atoms in total. The molecular formula is C7H9N3. The first-order valence-corrected chi connectivity index (χ1v) is 2.81. The number of aryl methyl sites for hydroxylation is 1. The average Bonchev–Trinajstić information content (AvgIpc) is 1.91. The van der Waals surface area contributed by atoms with Crippen LogP contribution in [0.25, 0.3) is 0 Å². The minimum atomic E-state index is 0.838. The van der Waals surface area contributed by atoms with Gasteiger partial charge in [0.25, 0.3) is 0 Å². The molecular weight excluding hydrogens is 126 g/mol. The molecule has 0 heterocycles. The minimum Gasteiger partial charge on any atom is -0.399 e. The molecule has 0 spiro atoms. The number of rotatable bonds is 0. The van der Waals surface area contributed by atoms with E-state index in [1.54, 1.807) is 0 Å². The Morgan fingerprint density at radius 2 is 1.90 bits per heavy atom. The van der Waals surface area contributed by atoms with Gasteiger partial charge < -0.3 is 5.73 Å². The third-order valence-electron chi connectivity index (χ3n) is 1.04. The fourth-order valence-corrected chi connectivity index (χ4v) is 0.670. The van der Waals surface area contributed by atoms with Crippen LogP contribution < -0.4 is 5.73 Å². The lowest BCUT2D eigenvalue weighted by Crippen LogP contribution is -1.82. The van der Waals surface area contributed by atoms with Gasteiger partial charge in [-0.15, -0.1) is 0 Å². The van der Waals surface area contributed by atoms with Gasteiger partial charge in [-0.1, -0.05) is 12.1 Å². The van der Waals surface area contributed by atoms with Gasteiger partial charge in [0, 0.05) is 16.5 Å². The third-order valence-corrected chi connectivity index (χ3v) is 1.04. The van der Waals surface area contributed by atoms with Crippen LogP contribution in [0.1, 0.15) is 5.56 Å². The normalized spacial score (nSPS) is 7.50. The number of anilines is 1. The maximum Gasteiger partial charge on any atom is 0.0316 e. The number of nitrogens with zero attached hydrogens (tertiary/aromatic N) is 2. The maximum absolute atomic E-state index is 6.00. The fraction of sp³-hybridized carbons (Fsp3) is 0.143. The number of hydrogen-bond acceptors (Lipinski definition) is 3. The van der Waals surface area contributed by atoms with Crippen LogP contribution in [-0.2, 0) is 0 Å². The van der Waals surface area contributed by atoms with Crippen molar-refractivity contribution in [2.24, 2.45) is 0 Å². The molecule has 0 fully saturated rings. The molecule has 0 saturated carbocycles. The van der Waals surface area contributed by atoms with E-state index in [1.165, 1.54) is 5.56 Å². The van der Waals surface area contributed by atoms with Crippen molar-refractivity contribution in [3.05, 3.63) is 29.8 Å². The molecule has 1 aromatic rings. The molecule has 1 aromatic carbocycles. The summed E-state index contributed by atoms with van der Waals surface area (Å²) < 4.78 is 0. The highest BCUT2D eigenvalue weighted by atomic mass is 14.6. The summed E-state index contributed by atoms with van der Waals surface area (Å²) in [5, 5.41) is 12.0. The second-order valence-electron chi connectivity index (χ2n) is 1.91. The van der Waals surface area contributed by atoms with Crippen LogP contribution in [0.3, 0.4) is 0 Å². The van der Waals surface area contributed by atoms with Gasteiger partial charge in [0.15, 0.2) is 0 Å². The number of hydrogen-bond donors (Lipinski definition) is 1. The van der Waals surface area contributed by atoms with E-state index in [-0.39, 0.29) is 0 Å². The monoisotopic (exact) mass is 135 g/mol. The number of nitrogen functional groups attached to an aromatic ring is 1. The topological polar surface area (TPSA) is 73.6 Å². The summed E-state index contributed by atoms with van der Waals surface area (Å²) in [6.45, 7) is 2.02. The van der Waals surface area contributed by atoms with Crippen molar-refractivity contribution >= 4 is 5.69 Å². The van der Waals surface area contributed by atoms with Crippen molar-refractivity contribution in [2.75, 3.05) is 5.73 Å². The van der Waals surface area contributed by atoms with E-state index in [0.717, 1.165) is 5.69 Å². The molecule has 0 amide bonds. The van der Waals surface area contributed by atoms with E-state index in [1.807, 2.05) is 31.2 Å². The van der Waals surface area contributed by atoms with E-state index in [0.29, 0.717) is 0 Å². The van der Waals surface area contributed by atoms with Crippen LogP contribution >= 0.6 is 0 Å². The summed E-state index contributed by atoms with van der Waals surface area (Å²) in [5.41, 5.74) is 7.51. The summed E-state index contributed by atoms with van der Waals surface area (Å²) in [4.78, 5) is 0. The largest absolute Gasteiger partial charge is 0.399 e. The van der Waals surface area contributed by atoms with Gasteiger partial charge in [0.2, 0.25) is 0 Å². The summed E-state index contributed by atoms with van der Waals surface area (Å²) in [7, 11) is 0. The van der Waals surface area contributed by atoms with Crippen molar-refractivity contribution in [1.29, 1.82) is 10.8 Å². The lowest BCUT2D eigenvalue weighted by atomic mass is 10.2. The Balaban J connectivity index is 0.000000371. The van der Waals surface area contributed by atoms with Gasteiger partial charge in [-0.25, -0.2) is 0 Å². The summed E-state index contributed by atoms with van der Waals surface area (Å²) >= 11 is 0. The van der Waals surface area contributed by atoms with Crippen LogP contribution in [0.5, 0.6) is 0 Å². The molecule has 3 heteroatoms. The van der Waals surface area contributed by atoms with Crippen LogP contribution in [0.15, 0.2) is 24.3 Å². The van der Waals surface area contributed by atoms with E-state index in [9.17, 15) is 0 Å². The molecule has 0 unspecified atom stereocenters. The Labute approximate surface area is 59.9 Å². The predicted molar refractivity (Wildman–Crippen MR) is 39.0 cm³/mol. The molecule has 10 heavy (non-hydrogen) atoms. The van der Waals surface area contributed by atoms with Crippen molar-refractivity contribution in [1.82, 2.24) is 0 Å². The Kier molecular flexibility index (Phi) is 3.66. The van der Waals surface area contributed by atoms with Crippen LogP contribution in [0.4, 0.5) is 5.69 Å². The molecule has 2 N–H and O–H groups in total. The van der Waals surface area contributed by atoms with E-state index < -0.39 is 0 Å². The second kappa shape index (κ2) is 4.33. The molecule has 0 aliphatic carbocycles. The zero-order valence-electron chi connectivity index (χ0n) is 5.78. The van der Waals surface area contributed by atoms with E-state index >= 15 is 0 Å². The van der Waals surface area contributed by atoms with Crippen LogP contribution in [0.2, 0.25) is 0 Å². The molecule has 0 aliphatic rings. The first kappa shape index (κ1) is 8.44. The molecule has 0 saturated heterocycles. The zero-order valence-corrected chi connectivity index (χ0v) is 5.78. The lowest BCUT2D eigenvalue weighted by Gasteiger charge is -1.91. The van der Waals surface area contributed by atoms with Gasteiger partial charge in [0.1, 0.15) is 0 Å². The van der Waals surface area contributed by atoms with Crippen molar-refractivity contribution in [2.45, 2.75) is 6.92 Å². The summed E-state index contributed by atoms with van der Waals surface area (Å²) in [5.74, 6) is 0. The third kappa shape index (κ3) is 2.68. The minimum absolute atomic E-state index is 0.838. The molecule has 0 bridgehead atoms. The van der Waals surface area contributed by atoms with Gasteiger partial charge in [-0.2, -0.15) is 0 Å². The summed E-state index contributed by atoms with van der Waals surface area (Å²) in [6.07, 6.45) is 0. The molecule has 52 valence electrons. The molecule has 0 aliphatic heterocycles. The quantitative estimate of drug-likeness (QED) is 0.433. The Bertz CT molecular complexity index is 200. The van der Waals surface area contributed by atoms with Crippen molar-refractivity contribution in [3.8, 4) is 0 Å². The molecule has 0 atom stereocenters. The molecule has 0 aromatic heterocycles. The van der Waals surface area contributed by atoms with Crippen molar-refractivity contribution in [3.63, 3.8) is 0 Å². The fourth-order valence-electron chi connectivity index (χ4n) is 0.670. The van der Waals surface area contributed by atoms with Gasteiger partial charge >= 0.3 is 0 Å². The lowest BCUT2D eigenvalue weighted by molar-refractivity contribution is 1.15. The number of nitrogens with two attached hydrogens (primary N) is 1. The maximum atomic E-state index is 6.00. The van der Waals surface area contributed by atoms with Crippen LogP contribution in [-0.4, -0.2) is 0 Å². The number of benzene rings is 1. The van der Waals surface area contributed by atoms with Crippen molar-refractivity contribution < 1.29 is 0 Å². The van der Waals surface area contributed by atoms with E-state index in [2.05, 4.69) is 0 Å². The first-order valence-electron chi connectivity index (χ1n) is 2.81. The Morgan fingerprint density at radius 1 is 1.30 bits per heavy atom. The summed E-state index contributed by atoms with van der Waals surface area (Å²) in [6, 6.07) is 7.80. The van der Waals surface area contributed by atoms with Gasteiger partial charge in [-0.3, -0.25) is 0 Å². The second-order valence-corrected chi connectivity index (χ2v) is 1.91. The SMILES string of the molecule is Cc1cccc(N)c1.N#N. The molecule has 0 radical (unpaired) electrons. The molecule has 1 rings (SSSR count). The van der Waals surface area contributed by atoms with Crippen LogP contribution in [0, 0.1) is 17.7 Å². The highest BCUT2D eigenvalue weighted by molar-refractivity contribution is 5.39. The highest BCUT2D eigenvalue weighted by Crippen LogP contribution is 2.03. The standard InChI is InChI=1S/C7H9N.N2/c1-6-3-2-4-7(8)5-6;1-2/h2-5H,8H2,1H3;.